The van der Waals surface area contributed by atoms with Gasteiger partial charge in [-0.1, -0.05) is 19.9 Å². The molecule has 0 aromatic heterocycles. The second-order valence-electron chi connectivity index (χ2n) is 7.52. The van der Waals surface area contributed by atoms with Crippen molar-refractivity contribution in [3.05, 3.63) is 12.7 Å². The summed E-state index contributed by atoms with van der Waals surface area (Å²) in [6, 6.07) is 0. The third-order valence-electron chi connectivity index (χ3n) is 6.80. The number of aliphatic hydroxyl groups excluding tert-OH is 2. The van der Waals surface area contributed by atoms with Gasteiger partial charge >= 0.3 is 0 Å². The van der Waals surface area contributed by atoms with E-state index in [1.165, 1.54) is 0 Å². The molecule has 0 aromatic rings. The van der Waals surface area contributed by atoms with Crippen molar-refractivity contribution in [2.24, 2.45) is 22.7 Å². The van der Waals surface area contributed by atoms with Gasteiger partial charge in [0.15, 0.2) is 5.79 Å². The number of aliphatic hydroxyl groups is 2. The molecule has 0 unspecified atom stereocenters. The molecule has 2 rings (SSSR count). The largest absolute Gasteiger partial charge is 0.393 e. The molecule has 7 atom stereocenters. The lowest BCUT2D eigenvalue weighted by molar-refractivity contribution is -0.283. The molecule has 2 N–H and O–H groups in total. The summed E-state index contributed by atoms with van der Waals surface area (Å²) in [5.74, 6) is -0.455. The fraction of sp³-hybridized carbons (Fsp3) is 0.889. The Bertz CT molecular complexity index is 425. The van der Waals surface area contributed by atoms with E-state index in [9.17, 15) is 10.2 Å². The molecule has 4 heteroatoms. The Morgan fingerprint density at radius 1 is 1.36 bits per heavy atom. The van der Waals surface area contributed by atoms with E-state index in [0.717, 1.165) is 19.3 Å². The van der Waals surface area contributed by atoms with Gasteiger partial charge in [-0.3, -0.25) is 0 Å². The van der Waals surface area contributed by atoms with Gasteiger partial charge in [0.2, 0.25) is 0 Å². The van der Waals surface area contributed by atoms with E-state index in [1.807, 2.05) is 19.9 Å². The van der Waals surface area contributed by atoms with Gasteiger partial charge in [-0.05, 0) is 44.9 Å². The predicted octanol–water partition coefficient (Wildman–Crippen LogP) is 2.74. The number of hydrogen-bond donors (Lipinski definition) is 2. The molecule has 0 radical (unpaired) electrons. The average molecular weight is 312 g/mol. The maximum absolute atomic E-state index is 11.3. The maximum atomic E-state index is 11.3. The summed E-state index contributed by atoms with van der Waals surface area (Å²) in [6.07, 6.45) is 3.09. The summed E-state index contributed by atoms with van der Waals surface area (Å²) in [7, 11) is 1.62. The van der Waals surface area contributed by atoms with Crippen LogP contribution in [0.25, 0.3) is 0 Å². The predicted molar refractivity (Wildman–Crippen MR) is 86.3 cm³/mol. The summed E-state index contributed by atoms with van der Waals surface area (Å²) in [5.41, 5.74) is -0.931. The highest BCUT2D eigenvalue weighted by molar-refractivity contribution is 5.20. The Hall–Kier alpha value is -0.420. The zero-order chi connectivity index (χ0) is 16.8. The van der Waals surface area contributed by atoms with Gasteiger partial charge < -0.3 is 19.7 Å². The fourth-order valence-electron chi connectivity index (χ4n) is 5.09. The maximum Gasteiger partial charge on any atom is 0.176 e. The van der Waals surface area contributed by atoms with Crippen molar-refractivity contribution < 1.29 is 19.7 Å². The van der Waals surface area contributed by atoms with Gasteiger partial charge in [0.05, 0.1) is 17.6 Å². The third-order valence-corrected chi connectivity index (χ3v) is 6.80. The molecule has 0 saturated heterocycles. The lowest BCUT2D eigenvalue weighted by Crippen LogP contribution is -2.56. The van der Waals surface area contributed by atoms with Crippen molar-refractivity contribution in [3.63, 3.8) is 0 Å². The molecule has 0 aromatic carbocycles. The van der Waals surface area contributed by atoms with Crippen molar-refractivity contribution >= 4 is 0 Å². The normalized spacial score (nSPS) is 47.8. The first-order valence-electron chi connectivity index (χ1n) is 8.40. The van der Waals surface area contributed by atoms with Crippen molar-refractivity contribution in [3.8, 4) is 0 Å². The van der Waals surface area contributed by atoms with Gasteiger partial charge in [0.1, 0.15) is 0 Å². The van der Waals surface area contributed by atoms with Crippen molar-refractivity contribution in [2.75, 3.05) is 13.7 Å². The minimum Gasteiger partial charge on any atom is -0.393 e. The Balaban J connectivity index is 2.49. The van der Waals surface area contributed by atoms with E-state index >= 15 is 0 Å². The smallest absolute Gasteiger partial charge is 0.176 e. The van der Waals surface area contributed by atoms with Crippen molar-refractivity contribution in [2.45, 2.75) is 65.0 Å². The monoisotopic (exact) mass is 312 g/mol. The first kappa shape index (κ1) is 17.9. The van der Waals surface area contributed by atoms with Crippen molar-refractivity contribution in [1.82, 2.24) is 0 Å². The summed E-state index contributed by atoms with van der Waals surface area (Å²) in [5, 5.41) is 21.5. The molecule has 0 amide bonds. The van der Waals surface area contributed by atoms with Crippen LogP contribution in [0.2, 0.25) is 0 Å². The van der Waals surface area contributed by atoms with Crippen LogP contribution in [0, 0.1) is 22.7 Å². The standard InChI is InChI=1S/C18H32O4/c1-7-18(17(5,21-6)22-8-2)11-13-10-14(19)9-12(3)16(13,4)15(18)20/h7,12-15,19-20H,1,8-11H2,2-6H3/t12-,13+,14-,15-,16+,17+,18+/m1/s1. The average Bonchev–Trinajstić information content (AvgIpc) is 2.71. The zero-order valence-electron chi connectivity index (χ0n) is 14.6. The molecule has 4 nitrogen and oxygen atoms in total. The van der Waals surface area contributed by atoms with E-state index in [0.29, 0.717) is 6.61 Å². The lowest BCUT2D eigenvalue weighted by atomic mass is 9.61. The van der Waals surface area contributed by atoms with Crippen LogP contribution in [0.15, 0.2) is 12.7 Å². The second kappa shape index (κ2) is 5.90. The van der Waals surface area contributed by atoms with Crippen LogP contribution in [0.4, 0.5) is 0 Å². The van der Waals surface area contributed by atoms with Crippen LogP contribution in [0.3, 0.4) is 0 Å². The minimum absolute atomic E-state index is 0.231. The number of rotatable bonds is 5. The Morgan fingerprint density at radius 2 is 2.00 bits per heavy atom. The van der Waals surface area contributed by atoms with Gasteiger partial charge in [-0.25, -0.2) is 0 Å². The Labute approximate surface area is 134 Å². The van der Waals surface area contributed by atoms with E-state index in [-0.39, 0.29) is 23.4 Å². The molecule has 2 aliphatic rings. The van der Waals surface area contributed by atoms with E-state index in [2.05, 4.69) is 20.4 Å². The molecule has 128 valence electrons. The van der Waals surface area contributed by atoms with Gasteiger partial charge in [0, 0.05) is 19.1 Å². The van der Waals surface area contributed by atoms with E-state index in [1.54, 1.807) is 7.11 Å². The van der Waals surface area contributed by atoms with Crippen LogP contribution in [-0.4, -0.2) is 41.9 Å². The van der Waals surface area contributed by atoms with Crippen LogP contribution < -0.4 is 0 Å². The molecule has 0 spiro atoms. The SMILES string of the molecule is C=C[C@]1([C@@](C)(OC)OCC)C[C@@H]2C[C@H](O)C[C@@H](C)[C@]2(C)[C@H]1O. The van der Waals surface area contributed by atoms with Crippen molar-refractivity contribution in [1.29, 1.82) is 0 Å². The van der Waals surface area contributed by atoms with Crippen LogP contribution in [0.1, 0.15) is 47.0 Å². The van der Waals surface area contributed by atoms with E-state index < -0.39 is 17.3 Å². The summed E-state index contributed by atoms with van der Waals surface area (Å²) in [4.78, 5) is 0. The molecule has 2 saturated carbocycles. The summed E-state index contributed by atoms with van der Waals surface area (Å²) >= 11 is 0. The first-order valence-corrected chi connectivity index (χ1v) is 8.40. The minimum atomic E-state index is -0.923. The molecular weight excluding hydrogens is 280 g/mol. The highest BCUT2D eigenvalue weighted by Crippen LogP contribution is 2.65. The molecule has 0 bridgehead atoms. The molecular formula is C18H32O4. The molecule has 22 heavy (non-hydrogen) atoms. The van der Waals surface area contributed by atoms with Crippen LogP contribution >= 0.6 is 0 Å². The number of ether oxygens (including phenoxy) is 2. The van der Waals surface area contributed by atoms with Crippen LogP contribution in [-0.2, 0) is 9.47 Å². The van der Waals surface area contributed by atoms with E-state index in [4.69, 9.17) is 9.47 Å². The number of hydrogen-bond acceptors (Lipinski definition) is 4. The van der Waals surface area contributed by atoms with Crippen LogP contribution in [0.5, 0.6) is 0 Å². The Morgan fingerprint density at radius 3 is 2.50 bits per heavy atom. The highest BCUT2D eigenvalue weighted by atomic mass is 16.7. The van der Waals surface area contributed by atoms with Gasteiger partial charge in [-0.2, -0.15) is 0 Å². The summed E-state index contributed by atoms with van der Waals surface area (Å²) in [6.45, 7) is 12.6. The third kappa shape index (κ3) is 2.19. The molecule has 2 aliphatic carbocycles. The lowest BCUT2D eigenvalue weighted by Gasteiger charge is -2.49. The molecule has 0 heterocycles. The van der Waals surface area contributed by atoms with Gasteiger partial charge in [0.25, 0.3) is 0 Å². The molecule has 2 fully saturated rings. The fourth-order valence-corrected chi connectivity index (χ4v) is 5.09. The van der Waals surface area contributed by atoms with Gasteiger partial charge in [-0.15, -0.1) is 6.58 Å². The topological polar surface area (TPSA) is 58.9 Å². The first-order chi connectivity index (χ1) is 10.2. The number of fused-ring (bicyclic) bond motifs is 1. The molecule has 0 aliphatic heterocycles. The second-order valence-corrected chi connectivity index (χ2v) is 7.52. The zero-order valence-corrected chi connectivity index (χ0v) is 14.6. The summed E-state index contributed by atoms with van der Waals surface area (Å²) < 4.78 is 11.6. The quantitative estimate of drug-likeness (QED) is 0.605. The number of methoxy groups -OCH3 is 1. The highest BCUT2D eigenvalue weighted by Gasteiger charge is 2.68. The Kier molecular flexibility index (Phi) is 4.80.